The van der Waals surface area contributed by atoms with Crippen LogP contribution in [-0.2, 0) is 0 Å². The maximum Gasteiger partial charge on any atom is 0.295 e. The predicted octanol–water partition coefficient (Wildman–Crippen LogP) is 5.91. The SMILES string of the molecule is Cc1ccc(-n2nc(C(=O)Nc3cccc(Br)c3)nc2-c2cccc(Cl)c2)cc1. The molecule has 4 rings (SSSR count). The molecule has 0 aliphatic rings. The summed E-state index contributed by atoms with van der Waals surface area (Å²) in [4.78, 5) is 17.3. The molecule has 4 aromatic rings. The Morgan fingerprint density at radius 1 is 1.03 bits per heavy atom. The Labute approximate surface area is 181 Å². The van der Waals surface area contributed by atoms with E-state index in [4.69, 9.17) is 11.6 Å². The fraction of sp³-hybridized carbons (Fsp3) is 0.0455. The molecule has 0 saturated carbocycles. The van der Waals surface area contributed by atoms with Gasteiger partial charge in [0, 0.05) is 20.7 Å². The summed E-state index contributed by atoms with van der Waals surface area (Å²) in [6.07, 6.45) is 0. The summed E-state index contributed by atoms with van der Waals surface area (Å²) >= 11 is 9.56. The molecule has 3 aromatic carbocycles. The van der Waals surface area contributed by atoms with Crippen molar-refractivity contribution in [3.05, 3.63) is 93.7 Å². The van der Waals surface area contributed by atoms with Gasteiger partial charge in [-0.25, -0.2) is 9.67 Å². The van der Waals surface area contributed by atoms with Gasteiger partial charge >= 0.3 is 0 Å². The van der Waals surface area contributed by atoms with Crippen LogP contribution in [0, 0.1) is 6.92 Å². The van der Waals surface area contributed by atoms with E-state index in [9.17, 15) is 4.79 Å². The maximum atomic E-state index is 12.8. The van der Waals surface area contributed by atoms with Crippen LogP contribution in [0.3, 0.4) is 0 Å². The Hall–Kier alpha value is -2.96. The zero-order chi connectivity index (χ0) is 20.4. The highest BCUT2D eigenvalue weighted by Crippen LogP contribution is 2.25. The molecular weight excluding hydrogens is 452 g/mol. The van der Waals surface area contributed by atoms with Crippen molar-refractivity contribution in [1.29, 1.82) is 0 Å². The van der Waals surface area contributed by atoms with Crippen LogP contribution in [0.25, 0.3) is 17.1 Å². The van der Waals surface area contributed by atoms with Crippen molar-refractivity contribution in [3.63, 3.8) is 0 Å². The highest BCUT2D eigenvalue weighted by molar-refractivity contribution is 9.10. The first kappa shape index (κ1) is 19.4. The van der Waals surface area contributed by atoms with Gasteiger partial charge in [-0.3, -0.25) is 4.79 Å². The van der Waals surface area contributed by atoms with Crippen molar-refractivity contribution >= 4 is 39.1 Å². The summed E-state index contributed by atoms with van der Waals surface area (Å²) in [6.45, 7) is 2.01. The second kappa shape index (κ2) is 8.19. The molecule has 7 heteroatoms. The van der Waals surface area contributed by atoms with Crippen molar-refractivity contribution in [2.45, 2.75) is 6.92 Å². The number of halogens is 2. The summed E-state index contributed by atoms with van der Waals surface area (Å²) in [5.41, 5.74) is 3.36. The third-order valence-electron chi connectivity index (χ3n) is 4.25. The van der Waals surface area contributed by atoms with E-state index in [2.05, 4.69) is 31.3 Å². The second-order valence-electron chi connectivity index (χ2n) is 6.48. The van der Waals surface area contributed by atoms with Crippen molar-refractivity contribution < 1.29 is 4.79 Å². The Morgan fingerprint density at radius 3 is 2.52 bits per heavy atom. The van der Waals surface area contributed by atoms with Crippen molar-refractivity contribution in [1.82, 2.24) is 14.8 Å². The monoisotopic (exact) mass is 466 g/mol. The van der Waals surface area contributed by atoms with Crippen LogP contribution in [0.2, 0.25) is 5.02 Å². The molecule has 1 aromatic heterocycles. The number of nitrogens with zero attached hydrogens (tertiary/aromatic N) is 3. The number of aromatic nitrogens is 3. The van der Waals surface area contributed by atoms with E-state index in [-0.39, 0.29) is 5.82 Å². The lowest BCUT2D eigenvalue weighted by atomic mass is 10.2. The number of nitrogens with one attached hydrogen (secondary N) is 1. The molecular formula is C22H16BrClN4O. The quantitative estimate of drug-likeness (QED) is 0.406. The van der Waals surface area contributed by atoms with Crippen LogP contribution in [0.15, 0.2) is 77.3 Å². The number of anilines is 1. The fourth-order valence-electron chi connectivity index (χ4n) is 2.84. The molecule has 5 nitrogen and oxygen atoms in total. The summed E-state index contributed by atoms with van der Waals surface area (Å²) in [5, 5.41) is 7.89. The minimum absolute atomic E-state index is 0.0699. The average molecular weight is 468 g/mol. The smallest absolute Gasteiger partial charge is 0.295 e. The Kier molecular flexibility index (Phi) is 5.47. The topological polar surface area (TPSA) is 59.8 Å². The first-order valence-electron chi connectivity index (χ1n) is 8.86. The third-order valence-corrected chi connectivity index (χ3v) is 4.98. The molecule has 1 N–H and O–H groups in total. The first-order valence-corrected chi connectivity index (χ1v) is 10.0. The Morgan fingerprint density at radius 2 is 1.79 bits per heavy atom. The molecule has 0 aliphatic heterocycles. The van der Waals surface area contributed by atoms with Gasteiger partial charge in [0.05, 0.1) is 5.69 Å². The number of amides is 1. The molecule has 1 amide bonds. The number of carbonyl (C=O) groups is 1. The van der Waals surface area contributed by atoms with Crippen LogP contribution >= 0.6 is 27.5 Å². The second-order valence-corrected chi connectivity index (χ2v) is 7.83. The molecule has 0 radical (unpaired) electrons. The van der Waals surface area contributed by atoms with E-state index < -0.39 is 5.91 Å². The van der Waals surface area contributed by atoms with Crippen LogP contribution in [-0.4, -0.2) is 20.7 Å². The normalized spacial score (nSPS) is 10.7. The van der Waals surface area contributed by atoms with E-state index >= 15 is 0 Å². The summed E-state index contributed by atoms with van der Waals surface area (Å²) in [7, 11) is 0. The lowest BCUT2D eigenvalue weighted by Gasteiger charge is -2.06. The third kappa shape index (κ3) is 4.39. The predicted molar refractivity (Wildman–Crippen MR) is 119 cm³/mol. The first-order chi connectivity index (χ1) is 14.0. The van der Waals surface area contributed by atoms with Crippen molar-refractivity contribution in [2.75, 3.05) is 5.32 Å². The number of rotatable bonds is 4. The van der Waals surface area contributed by atoms with Crippen molar-refractivity contribution in [3.8, 4) is 17.1 Å². The van der Waals surface area contributed by atoms with Crippen LogP contribution in [0.1, 0.15) is 16.2 Å². The highest BCUT2D eigenvalue weighted by Gasteiger charge is 2.19. The van der Waals surface area contributed by atoms with Gasteiger partial charge in [-0.15, -0.1) is 5.10 Å². The molecule has 0 bridgehead atoms. The van der Waals surface area contributed by atoms with Gasteiger partial charge in [0.15, 0.2) is 5.82 Å². The van der Waals surface area contributed by atoms with Crippen LogP contribution in [0.5, 0.6) is 0 Å². The van der Waals surface area contributed by atoms with Gasteiger partial charge in [0.25, 0.3) is 5.91 Å². The van der Waals surface area contributed by atoms with Gasteiger partial charge in [-0.2, -0.15) is 0 Å². The van der Waals surface area contributed by atoms with E-state index in [1.54, 1.807) is 22.9 Å². The maximum absolute atomic E-state index is 12.8. The lowest BCUT2D eigenvalue weighted by molar-refractivity contribution is 0.101. The molecule has 0 aliphatic carbocycles. The van der Waals surface area contributed by atoms with Gasteiger partial charge in [-0.1, -0.05) is 63.4 Å². The average Bonchev–Trinajstić information content (AvgIpc) is 3.14. The Bertz CT molecular complexity index is 1190. The standard InChI is InChI=1S/C22H16BrClN4O/c1-14-8-10-19(11-9-14)28-21(15-4-2-6-17(24)12-15)26-20(27-28)22(29)25-18-7-3-5-16(23)13-18/h2-13H,1H3,(H,25,29). The molecule has 1 heterocycles. The zero-order valence-corrected chi connectivity index (χ0v) is 17.8. The van der Waals surface area contributed by atoms with Crippen LogP contribution in [0.4, 0.5) is 5.69 Å². The van der Waals surface area contributed by atoms with E-state index in [0.29, 0.717) is 16.5 Å². The van der Waals surface area contributed by atoms with E-state index in [0.717, 1.165) is 21.3 Å². The number of carbonyl (C=O) groups excluding carboxylic acids is 1. The molecule has 0 atom stereocenters. The zero-order valence-electron chi connectivity index (χ0n) is 15.4. The van der Waals surface area contributed by atoms with E-state index in [1.807, 2.05) is 61.5 Å². The van der Waals surface area contributed by atoms with Gasteiger partial charge in [0.2, 0.25) is 5.82 Å². The molecule has 0 spiro atoms. The molecule has 0 unspecified atom stereocenters. The largest absolute Gasteiger partial charge is 0.319 e. The Balaban J connectivity index is 1.76. The summed E-state index contributed by atoms with van der Waals surface area (Å²) < 4.78 is 2.52. The van der Waals surface area contributed by atoms with Crippen LogP contribution < -0.4 is 5.32 Å². The van der Waals surface area contributed by atoms with Gasteiger partial charge in [-0.05, 0) is 49.4 Å². The van der Waals surface area contributed by atoms with Gasteiger partial charge in [0.1, 0.15) is 0 Å². The summed E-state index contributed by atoms with van der Waals surface area (Å²) in [5.74, 6) is 0.216. The number of aryl methyl sites for hydroxylation is 1. The highest BCUT2D eigenvalue weighted by atomic mass is 79.9. The van der Waals surface area contributed by atoms with Gasteiger partial charge < -0.3 is 5.32 Å². The number of benzene rings is 3. The molecule has 0 saturated heterocycles. The minimum atomic E-state index is -0.391. The molecule has 144 valence electrons. The number of hydrogen-bond acceptors (Lipinski definition) is 3. The van der Waals surface area contributed by atoms with E-state index in [1.165, 1.54) is 0 Å². The molecule has 29 heavy (non-hydrogen) atoms. The lowest BCUT2D eigenvalue weighted by Crippen LogP contribution is -2.14. The fourth-order valence-corrected chi connectivity index (χ4v) is 3.43. The summed E-state index contributed by atoms with van der Waals surface area (Å²) in [6, 6.07) is 22.5. The minimum Gasteiger partial charge on any atom is -0.319 e. The van der Waals surface area contributed by atoms with Crippen molar-refractivity contribution in [2.24, 2.45) is 0 Å². The molecule has 0 fully saturated rings. The number of hydrogen-bond donors (Lipinski definition) is 1.